The number of hydrogen-bond donors (Lipinski definition) is 1. The van der Waals surface area contributed by atoms with E-state index >= 15 is 0 Å². The second-order valence-electron chi connectivity index (χ2n) is 7.53. The van der Waals surface area contributed by atoms with Crippen molar-refractivity contribution in [1.29, 1.82) is 0 Å². The van der Waals surface area contributed by atoms with Crippen LogP contribution >= 0.6 is 0 Å². The van der Waals surface area contributed by atoms with Gasteiger partial charge in [0.05, 0.1) is 18.1 Å². The number of fused-ring (bicyclic) bond motifs is 1. The summed E-state index contributed by atoms with van der Waals surface area (Å²) in [6.07, 6.45) is 4.50. The quantitative estimate of drug-likeness (QED) is 0.473. The first-order valence-corrected chi connectivity index (χ1v) is 10.6. The number of ether oxygens (including phenoxy) is 1. The molecule has 7 nitrogen and oxygen atoms in total. The number of rotatable bonds is 6. The van der Waals surface area contributed by atoms with E-state index in [1.165, 1.54) is 18.3 Å². The van der Waals surface area contributed by atoms with E-state index in [-0.39, 0.29) is 16.8 Å². The first-order chi connectivity index (χ1) is 15.5. The van der Waals surface area contributed by atoms with Crippen molar-refractivity contribution in [1.82, 2.24) is 14.9 Å². The smallest absolute Gasteiger partial charge is 0.202 e. The van der Waals surface area contributed by atoms with Gasteiger partial charge in [0.1, 0.15) is 11.4 Å². The SMILES string of the molecule is CCn1cc(C(=O)C=Cc2ccc(OC)cc2)c(=O)c2cc(F)c(N3CCNCC3)nc21. The lowest BCUT2D eigenvalue weighted by atomic mass is 10.1. The molecule has 1 aliphatic heterocycles. The summed E-state index contributed by atoms with van der Waals surface area (Å²) < 4.78 is 21.7. The van der Waals surface area contributed by atoms with Gasteiger partial charge in [-0.1, -0.05) is 18.2 Å². The third kappa shape index (κ3) is 4.27. The van der Waals surface area contributed by atoms with Crippen LogP contribution in [0.1, 0.15) is 22.8 Å². The molecule has 32 heavy (non-hydrogen) atoms. The summed E-state index contributed by atoms with van der Waals surface area (Å²) in [5.41, 5.74) is 0.639. The number of benzene rings is 1. The van der Waals surface area contributed by atoms with Crippen molar-refractivity contribution < 1.29 is 13.9 Å². The molecule has 0 bridgehead atoms. The lowest BCUT2D eigenvalue weighted by Gasteiger charge is -2.29. The first-order valence-electron chi connectivity index (χ1n) is 10.6. The minimum Gasteiger partial charge on any atom is -0.497 e. The predicted molar refractivity (Wildman–Crippen MR) is 123 cm³/mol. The van der Waals surface area contributed by atoms with Crippen LogP contribution in [0.4, 0.5) is 10.2 Å². The van der Waals surface area contributed by atoms with E-state index in [1.807, 2.05) is 24.0 Å². The summed E-state index contributed by atoms with van der Waals surface area (Å²) >= 11 is 0. The molecule has 0 radical (unpaired) electrons. The van der Waals surface area contributed by atoms with Gasteiger partial charge in [-0.2, -0.15) is 0 Å². The van der Waals surface area contributed by atoms with Crippen LogP contribution < -0.4 is 20.4 Å². The zero-order valence-electron chi connectivity index (χ0n) is 18.1. The van der Waals surface area contributed by atoms with Gasteiger partial charge in [0.2, 0.25) is 5.43 Å². The molecule has 1 N–H and O–H groups in total. The molecule has 3 aromatic rings. The van der Waals surface area contributed by atoms with Crippen LogP contribution in [0, 0.1) is 5.82 Å². The Bertz CT molecular complexity index is 1230. The Balaban J connectivity index is 1.72. The molecule has 8 heteroatoms. The van der Waals surface area contributed by atoms with Crippen molar-refractivity contribution in [3.05, 3.63) is 69.8 Å². The molecule has 1 fully saturated rings. The average Bonchev–Trinajstić information content (AvgIpc) is 2.83. The van der Waals surface area contributed by atoms with Crippen LogP contribution in [0.3, 0.4) is 0 Å². The molecule has 0 aliphatic carbocycles. The molecule has 4 rings (SSSR count). The van der Waals surface area contributed by atoms with Crippen molar-refractivity contribution in [2.45, 2.75) is 13.5 Å². The van der Waals surface area contributed by atoms with E-state index in [0.29, 0.717) is 31.0 Å². The standard InChI is InChI=1S/C24H25FN4O3/c1-3-28-15-19(21(30)9-6-16-4-7-17(32-2)8-5-16)22(31)18-14-20(25)24(27-23(18)28)29-12-10-26-11-13-29/h4-9,14-15,26H,3,10-13H2,1-2H3. The van der Waals surface area contributed by atoms with E-state index < -0.39 is 17.0 Å². The van der Waals surface area contributed by atoms with Crippen molar-refractivity contribution >= 4 is 28.7 Å². The van der Waals surface area contributed by atoms with Crippen LogP contribution in [-0.4, -0.2) is 48.6 Å². The number of piperazine rings is 1. The Morgan fingerprint density at radius 2 is 1.97 bits per heavy atom. The molecule has 2 aromatic heterocycles. The van der Waals surface area contributed by atoms with Crippen molar-refractivity contribution in [3.63, 3.8) is 0 Å². The number of nitrogens with zero attached hydrogens (tertiary/aromatic N) is 3. The zero-order valence-corrected chi connectivity index (χ0v) is 18.1. The van der Waals surface area contributed by atoms with Gasteiger partial charge >= 0.3 is 0 Å². The number of anilines is 1. The largest absolute Gasteiger partial charge is 0.497 e. The number of methoxy groups -OCH3 is 1. The molecular weight excluding hydrogens is 411 g/mol. The van der Waals surface area contributed by atoms with Crippen LogP contribution in [-0.2, 0) is 6.54 Å². The molecule has 0 unspecified atom stereocenters. The van der Waals surface area contributed by atoms with Crippen molar-refractivity contribution in [2.24, 2.45) is 0 Å². The average molecular weight is 436 g/mol. The van der Waals surface area contributed by atoms with Gasteiger partial charge in [0, 0.05) is 38.9 Å². The second-order valence-corrected chi connectivity index (χ2v) is 7.53. The second kappa shape index (κ2) is 9.32. The minimum atomic E-state index is -0.558. The summed E-state index contributed by atoms with van der Waals surface area (Å²) in [6.45, 7) is 5.14. The van der Waals surface area contributed by atoms with E-state index in [0.717, 1.165) is 18.7 Å². The fourth-order valence-electron chi connectivity index (χ4n) is 3.77. The van der Waals surface area contributed by atoms with E-state index in [2.05, 4.69) is 10.3 Å². The summed E-state index contributed by atoms with van der Waals surface area (Å²) in [5, 5.41) is 3.33. The van der Waals surface area contributed by atoms with E-state index in [9.17, 15) is 14.0 Å². The molecule has 0 amide bonds. The van der Waals surface area contributed by atoms with Crippen LogP contribution in [0.5, 0.6) is 5.75 Å². The Morgan fingerprint density at radius 1 is 1.25 bits per heavy atom. The predicted octanol–water partition coefficient (Wildman–Crippen LogP) is 2.87. The number of allylic oxidation sites excluding steroid dienone is 1. The Hall–Kier alpha value is -3.52. The van der Waals surface area contributed by atoms with Crippen LogP contribution in [0.25, 0.3) is 17.1 Å². The third-order valence-electron chi connectivity index (χ3n) is 5.55. The maximum Gasteiger partial charge on any atom is 0.202 e. The fraction of sp³-hybridized carbons (Fsp3) is 0.292. The van der Waals surface area contributed by atoms with Crippen molar-refractivity contribution in [2.75, 3.05) is 38.2 Å². The van der Waals surface area contributed by atoms with Gasteiger partial charge in [0.15, 0.2) is 17.4 Å². The number of pyridine rings is 2. The maximum absolute atomic E-state index is 14.9. The fourth-order valence-corrected chi connectivity index (χ4v) is 3.77. The molecule has 1 aliphatic rings. The van der Waals surface area contributed by atoms with E-state index in [4.69, 9.17) is 4.74 Å². The zero-order chi connectivity index (χ0) is 22.7. The summed E-state index contributed by atoms with van der Waals surface area (Å²) in [5.74, 6) is -0.0540. The number of nitrogens with one attached hydrogen (secondary N) is 1. The summed E-state index contributed by atoms with van der Waals surface area (Å²) in [4.78, 5) is 32.2. The normalized spacial score (nSPS) is 14.3. The monoisotopic (exact) mass is 436 g/mol. The minimum absolute atomic E-state index is 0.0137. The number of hydrogen-bond acceptors (Lipinski definition) is 6. The number of aromatic nitrogens is 2. The Kier molecular flexibility index (Phi) is 6.32. The van der Waals surface area contributed by atoms with E-state index in [1.54, 1.807) is 29.9 Å². The molecule has 1 aromatic carbocycles. The number of halogens is 1. The first kappa shape index (κ1) is 21.7. The number of aryl methyl sites for hydroxylation is 1. The van der Waals surface area contributed by atoms with Crippen molar-refractivity contribution in [3.8, 4) is 5.75 Å². The maximum atomic E-state index is 14.9. The Morgan fingerprint density at radius 3 is 2.62 bits per heavy atom. The topological polar surface area (TPSA) is 76.5 Å². The number of ketones is 1. The highest BCUT2D eigenvalue weighted by Gasteiger charge is 2.21. The van der Waals surface area contributed by atoms with Gasteiger partial charge in [-0.05, 0) is 36.8 Å². The van der Waals surface area contributed by atoms with Gasteiger partial charge in [-0.3, -0.25) is 9.59 Å². The van der Waals surface area contributed by atoms with Crippen LogP contribution in [0.15, 0.2) is 47.4 Å². The van der Waals surface area contributed by atoms with Gasteiger partial charge in [-0.25, -0.2) is 9.37 Å². The number of carbonyl (C=O) groups is 1. The molecule has 0 spiro atoms. The lowest BCUT2D eigenvalue weighted by Crippen LogP contribution is -2.44. The summed E-state index contributed by atoms with van der Waals surface area (Å²) in [6, 6.07) is 8.40. The molecule has 0 atom stereocenters. The van der Waals surface area contributed by atoms with Gasteiger partial charge in [-0.15, -0.1) is 0 Å². The lowest BCUT2D eigenvalue weighted by molar-refractivity contribution is 0.104. The molecular formula is C24H25FN4O3. The van der Waals surface area contributed by atoms with Gasteiger partial charge < -0.3 is 19.5 Å². The molecule has 166 valence electrons. The number of carbonyl (C=O) groups excluding carboxylic acids is 1. The molecule has 0 saturated carbocycles. The highest BCUT2D eigenvalue weighted by atomic mass is 19.1. The molecule has 3 heterocycles. The summed E-state index contributed by atoms with van der Waals surface area (Å²) in [7, 11) is 1.58. The highest BCUT2D eigenvalue weighted by Crippen LogP contribution is 2.22. The third-order valence-corrected chi connectivity index (χ3v) is 5.55. The van der Waals surface area contributed by atoms with Gasteiger partial charge in [0.25, 0.3) is 0 Å². The molecule has 1 saturated heterocycles. The Labute approximate surface area is 185 Å². The van der Waals surface area contributed by atoms with Crippen LogP contribution in [0.2, 0.25) is 0 Å². The highest BCUT2D eigenvalue weighted by molar-refractivity contribution is 6.08.